The van der Waals surface area contributed by atoms with Gasteiger partial charge in [-0.1, -0.05) is 41.9 Å². The molecule has 22 heavy (non-hydrogen) atoms. The molecular formula is C16H11ClN4O. The molecule has 0 saturated heterocycles. The maximum Gasteiger partial charge on any atom is 0.164 e. The SMILES string of the molecule is Clc1ncnc2c1ncn2C[C@]12C=C[C@H](O1)c1ccccc12. The van der Waals surface area contributed by atoms with E-state index in [0.717, 1.165) is 5.65 Å². The molecule has 0 aliphatic carbocycles. The van der Waals surface area contributed by atoms with Gasteiger partial charge in [-0.05, 0) is 17.2 Å². The molecule has 2 aliphatic heterocycles. The molecule has 0 spiro atoms. The molecule has 2 aliphatic rings. The van der Waals surface area contributed by atoms with E-state index in [1.807, 2.05) is 16.7 Å². The molecule has 5 rings (SSSR count). The van der Waals surface area contributed by atoms with Crippen LogP contribution in [0.3, 0.4) is 0 Å². The second-order valence-corrected chi connectivity index (χ2v) is 5.94. The fourth-order valence-electron chi connectivity index (χ4n) is 3.39. The molecular weight excluding hydrogens is 300 g/mol. The minimum atomic E-state index is -0.452. The lowest BCUT2D eigenvalue weighted by molar-refractivity contribution is -0.0140. The summed E-state index contributed by atoms with van der Waals surface area (Å²) in [6.45, 7) is 0.612. The number of benzene rings is 1. The molecule has 2 aromatic heterocycles. The predicted octanol–water partition coefficient (Wildman–Crippen LogP) is 3.02. The van der Waals surface area contributed by atoms with Crippen LogP contribution in [0, 0.1) is 0 Å². The van der Waals surface area contributed by atoms with E-state index in [2.05, 4.69) is 39.2 Å². The minimum Gasteiger partial charge on any atom is -0.352 e. The second kappa shape index (κ2) is 4.15. The molecule has 1 aromatic carbocycles. The number of aromatic nitrogens is 4. The lowest BCUT2D eigenvalue weighted by Crippen LogP contribution is -2.27. The molecule has 5 nitrogen and oxygen atoms in total. The monoisotopic (exact) mass is 310 g/mol. The number of hydrogen-bond acceptors (Lipinski definition) is 4. The summed E-state index contributed by atoms with van der Waals surface area (Å²) in [5, 5.41) is 0.369. The Morgan fingerprint density at radius 1 is 1.23 bits per heavy atom. The van der Waals surface area contributed by atoms with E-state index in [9.17, 15) is 0 Å². The smallest absolute Gasteiger partial charge is 0.164 e. The molecule has 0 saturated carbocycles. The van der Waals surface area contributed by atoms with Crippen molar-refractivity contribution in [2.75, 3.05) is 0 Å². The van der Waals surface area contributed by atoms with Gasteiger partial charge >= 0.3 is 0 Å². The van der Waals surface area contributed by atoms with Gasteiger partial charge in [0.15, 0.2) is 10.8 Å². The summed E-state index contributed by atoms with van der Waals surface area (Å²) in [5.41, 5.74) is 3.34. The lowest BCUT2D eigenvalue weighted by Gasteiger charge is -2.24. The molecule has 3 aromatic rings. The van der Waals surface area contributed by atoms with Crippen LogP contribution in [-0.4, -0.2) is 19.5 Å². The van der Waals surface area contributed by atoms with Gasteiger partial charge in [0, 0.05) is 0 Å². The molecule has 0 N–H and O–H groups in total. The number of halogens is 1. The standard InChI is InChI=1S/C16H11ClN4O/c17-14-13-15(19-8-18-14)21(9-20-13)7-16-6-5-12(22-16)10-3-1-2-4-11(10)16/h1-6,8-9,12H,7H2/t12-,16-/m0/s1. The maximum absolute atomic E-state index is 6.25. The zero-order valence-electron chi connectivity index (χ0n) is 11.5. The Labute approximate surface area is 131 Å². The van der Waals surface area contributed by atoms with Crippen molar-refractivity contribution in [3.63, 3.8) is 0 Å². The summed E-state index contributed by atoms with van der Waals surface area (Å²) < 4.78 is 8.22. The third-order valence-corrected chi connectivity index (χ3v) is 4.64. The first-order valence-corrected chi connectivity index (χ1v) is 7.43. The van der Waals surface area contributed by atoms with E-state index in [1.54, 1.807) is 6.33 Å². The highest BCUT2D eigenvalue weighted by molar-refractivity contribution is 6.33. The van der Waals surface area contributed by atoms with Gasteiger partial charge in [0.05, 0.1) is 12.9 Å². The van der Waals surface area contributed by atoms with Gasteiger partial charge in [-0.3, -0.25) is 0 Å². The number of imidazole rings is 1. The van der Waals surface area contributed by atoms with E-state index in [-0.39, 0.29) is 6.10 Å². The first kappa shape index (κ1) is 12.3. The Morgan fingerprint density at radius 3 is 3.09 bits per heavy atom. The van der Waals surface area contributed by atoms with Crippen molar-refractivity contribution in [3.05, 3.63) is 65.4 Å². The fourth-order valence-corrected chi connectivity index (χ4v) is 3.57. The van der Waals surface area contributed by atoms with E-state index in [1.165, 1.54) is 17.5 Å². The Morgan fingerprint density at radius 2 is 2.14 bits per heavy atom. The predicted molar refractivity (Wildman–Crippen MR) is 81.4 cm³/mol. The number of fused-ring (bicyclic) bond motifs is 6. The van der Waals surface area contributed by atoms with E-state index >= 15 is 0 Å². The van der Waals surface area contributed by atoms with Gasteiger partial charge in [-0.2, -0.15) is 0 Å². The van der Waals surface area contributed by atoms with E-state index in [4.69, 9.17) is 16.3 Å². The normalized spacial score (nSPS) is 25.0. The van der Waals surface area contributed by atoms with Crippen molar-refractivity contribution in [2.45, 2.75) is 18.2 Å². The van der Waals surface area contributed by atoms with Gasteiger partial charge < -0.3 is 9.30 Å². The summed E-state index contributed by atoms with van der Waals surface area (Å²) in [7, 11) is 0. The summed E-state index contributed by atoms with van der Waals surface area (Å²) in [5.74, 6) is 0. The summed E-state index contributed by atoms with van der Waals surface area (Å²) in [6, 6.07) is 8.34. The summed E-state index contributed by atoms with van der Waals surface area (Å²) in [6.07, 6.45) is 7.49. The highest BCUT2D eigenvalue weighted by atomic mass is 35.5. The maximum atomic E-state index is 6.25. The second-order valence-electron chi connectivity index (χ2n) is 5.58. The summed E-state index contributed by atoms with van der Waals surface area (Å²) >= 11 is 6.07. The van der Waals surface area contributed by atoms with Crippen molar-refractivity contribution >= 4 is 22.8 Å². The van der Waals surface area contributed by atoms with Crippen molar-refractivity contribution in [2.24, 2.45) is 0 Å². The first-order valence-electron chi connectivity index (χ1n) is 7.05. The van der Waals surface area contributed by atoms with Crippen molar-refractivity contribution in [3.8, 4) is 0 Å². The molecule has 0 fully saturated rings. The van der Waals surface area contributed by atoms with Gasteiger partial charge in [0.2, 0.25) is 0 Å². The number of rotatable bonds is 2. The van der Waals surface area contributed by atoms with Crippen molar-refractivity contribution in [1.82, 2.24) is 19.5 Å². The average Bonchev–Trinajstić information content (AvgIpc) is 3.22. The Bertz CT molecular complexity index is 935. The van der Waals surface area contributed by atoms with Crippen molar-refractivity contribution < 1.29 is 4.74 Å². The third kappa shape index (κ3) is 1.50. The van der Waals surface area contributed by atoms with Gasteiger partial charge in [0.1, 0.15) is 23.5 Å². The van der Waals surface area contributed by atoms with Crippen molar-refractivity contribution in [1.29, 1.82) is 0 Å². The van der Waals surface area contributed by atoms with Crippen LogP contribution in [0.15, 0.2) is 49.1 Å². The van der Waals surface area contributed by atoms with E-state index < -0.39 is 5.60 Å². The minimum absolute atomic E-state index is 0.0456. The molecule has 2 bridgehead atoms. The number of nitrogens with zero attached hydrogens (tertiary/aromatic N) is 4. The Balaban J connectivity index is 1.64. The first-order chi connectivity index (χ1) is 10.8. The molecule has 4 heterocycles. The largest absolute Gasteiger partial charge is 0.352 e. The molecule has 0 radical (unpaired) electrons. The quantitative estimate of drug-likeness (QED) is 0.539. The lowest BCUT2D eigenvalue weighted by atomic mass is 9.87. The van der Waals surface area contributed by atoms with Crippen LogP contribution in [-0.2, 0) is 16.9 Å². The Kier molecular flexibility index (Phi) is 2.32. The number of hydrogen-bond donors (Lipinski definition) is 0. The van der Waals surface area contributed by atoms with Crippen LogP contribution in [0.25, 0.3) is 11.2 Å². The molecule has 108 valence electrons. The zero-order valence-corrected chi connectivity index (χ0v) is 12.2. The Hall–Kier alpha value is -2.24. The highest BCUT2D eigenvalue weighted by Crippen LogP contribution is 2.51. The topological polar surface area (TPSA) is 52.8 Å². The molecule has 2 atom stereocenters. The van der Waals surface area contributed by atoms with Crippen LogP contribution in [0.2, 0.25) is 5.15 Å². The number of ether oxygens (including phenoxy) is 1. The van der Waals surface area contributed by atoms with Crippen LogP contribution >= 0.6 is 11.6 Å². The van der Waals surface area contributed by atoms with Gasteiger partial charge in [0.25, 0.3) is 0 Å². The average molecular weight is 311 g/mol. The third-order valence-electron chi connectivity index (χ3n) is 4.36. The van der Waals surface area contributed by atoms with Crippen LogP contribution in [0.1, 0.15) is 17.2 Å². The zero-order chi connectivity index (χ0) is 14.7. The van der Waals surface area contributed by atoms with Crippen LogP contribution < -0.4 is 0 Å². The fraction of sp³-hybridized carbons (Fsp3) is 0.188. The molecule has 0 amide bonds. The van der Waals surface area contributed by atoms with E-state index in [0.29, 0.717) is 17.2 Å². The van der Waals surface area contributed by atoms with Crippen LogP contribution in [0.5, 0.6) is 0 Å². The van der Waals surface area contributed by atoms with Gasteiger partial charge in [-0.25, -0.2) is 15.0 Å². The van der Waals surface area contributed by atoms with Gasteiger partial charge in [-0.15, -0.1) is 0 Å². The highest BCUT2D eigenvalue weighted by Gasteiger charge is 2.46. The van der Waals surface area contributed by atoms with Crippen LogP contribution in [0.4, 0.5) is 0 Å². The summed E-state index contributed by atoms with van der Waals surface area (Å²) in [4.78, 5) is 12.6. The molecule has 6 heteroatoms. The molecule has 0 unspecified atom stereocenters.